The summed E-state index contributed by atoms with van der Waals surface area (Å²) in [5.74, 6) is -1.60. The van der Waals surface area contributed by atoms with Gasteiger partial charge in [0.2, 0.25) is 11.9 Å². The highest BCUT2D eigenvalue weighted by Crippen LogP contribution is 2.26. The molecule has 12 heteroatoms. The molecule has 1 fully saturated rings. The molecule has 1 aliphatic rings. The first-order valence-electron chi connectivity index (χ1n) is 12.4. The third kappa shape index (κ3) is 5.49. The lowest BCUT2D eigenvalue weighted by Gasteiger charge is -2.32. The van der Waals surface area contributed by atoms with E-state index in [-0.39, 0.29) is 29.3 Å². The van der Waals surface area contributed by atoms with Gasteiger partial charge < -0.3 is 15.0 Å². The maximum atomic E-state index is 14.0. The SMILES string of the molecule is C=CC(=O)N1CCCC(Cn2cc(Nc3ncc4cc(Oc5ccc(F)cc5F)c(=O)n(C)c4n3)c(C)n2)C1. The Morgan fingerprint density at radius 2 is 2.10 bits per heavy atom. The number of nitrogens with one attached hydrogen (secondary N) is 1. The summed E-state index contributed by atoms with van der Waals surface area (Å²) >= 11 is 0. The van der Waals surface area contributed by atoms with Crippen LogP contribution in [0, 0.1) is 24.5 Å². The molecule has 0 radical (unpaired) electrons. The average molecular weight is 536 g/mol. The maximum absolute atomic E-state index is 14.0. The minimum absolute atomic E-state index is 0.0529. The van der Waals surface area contributed by atoms with Crippen molar-refractivity contribution in [3.05, 3.63) is 77.0 Å². The van der Waals surface area contributed by atoms with Gasteiger partial charge in [0.05, 0.1) is 11.4 Å². The van der Waals surface area contributed by atoms with Crippen LogP contribution in [0.15, 0.2) is 54.1 Å². The van der Waals surface area contributed by atoms with Crippen molar-refractivity contribution in [1.82, 2.24) is 29.2 Å². The summed E-state index contributed by atoms with van der Waals surface area (Å²) in [5.41, 5.74) is 1.24. The topological polar surface area (TPSA) is 107 Å². The molecule has 4 heterocycles. The molecule has 0 bridgehead atoms. The summed E-state index contributed by atoms with van der Waals surface area (Å²) in [6, 6.07) is 4.26. The molecule has 0 aliphatic carbocycles. The van der Waals surface area contributed by atoms with Gasteiger partial charge in [0, 0.05) is 50.5 Å². The molecule has 1 amide bonds. The molecule has 1 saturated heterocycles. The number of likely N-dealkylation sites (tertiary alicyclic amines) is 1. The number of hydrogen-bond donors (Lipinski definition) is 1. The van der Waals surface area contributed by atoms with Crippen molar-refractivity contribution in [2.75, 3.05) is 18.4 Å². The van der Waals surface area contributed by atoms with Crippen LogP contribution in [0.2, 0.25) is 0 Å². The molecule has 0 spiro atoms. The lowest BCUT2D eigenvalue weighted by molar-refractivity contribution is -0.127. The van der Waals surface area contributed by atoms with Crippen LogP contribution < -0.4 is 15.6 Å². The molecule has 10 nitrogen and oxygen atoms in total. The number of aromatic nitrogens is 5. The van der Waals surface area contributed by atoms with E-state index in [1.807, 2.05) is 22.7 Å². The number of hydrogen-bond acceptors (Lipinski definition) is 7. The largest absolute Gasteiger partial charge is 0.448 e. The highest BCUT2D eigenvalue weighted by molar-refractivity contribution is 5.87. The Labute approximate surface area is 222 Å². The van der Waals surface area contributed by atoms with E-state index in [2.05, 4.69) is 27.0 Å². The van der Waals surface area contributed by atoms with Gasteiger partial charge in [-0.3, -0.25) is 18.8 Å². The number of rotatable bonds is 7. The fourth-order valence-corrected chi connectivity index (χ4v) is 4.69. The summed E-state index contributed by atoms with van der Waals surface area (Å²) in [6.45, 7) is 7.50. The van der Waals surface area contributed by atoms with Gasteiger partial charge in [0.1, 0.15) is 11.5 Å². The van der Waals surface area contributed by atoms with Crippen molar-refractivity contribution in [2.45, 2.75) is 26.3 Å². The quantitative estimate of drug-likeness (QED) is 0.356. The van der Waals surface area contributed by atoms with Gasteiger partial charge in [-0.15, -0.1) is 0 Å². The molecule has 202 valence electrons. The number of pyridine rings is 1. The van der Waals surface area contributed by atoms with Crippen LogP contribution in [0.25, 0.3) is 11.0 Å². The first-order valence-corrected chi connectivity index (χ1v) is 12.4. The number of amides is 1. The van der Waals surface area contributed by atoms with Crippen molar-refractivity contribution >= 4 is 28.6 Å². The zero-order valence-electron chi connectivity index (χ0n) is 21.5. The second-order valence-electron chi connectivity index (χ2n) is 9.49. The number of benzene rings is 1. The number of nitrogens with zero attached hydrogens (tertiary/aromatic N) is 6. The zero-order chi connectivity index (χ0) is 27.7. The predicted octanol–water partition coefficient (Wildman–Crippen LogP) is 4.07. The van der Waals surface area contributed by atoms with Crippen molar-refractivity contribution < 1.29 is 18.3 Å². The number of fused-ring (bicyclic) bond motifs is 1. The maximum Gasteiger partial charge on any atom is 0.294 e. The van der Waals surface area contributed by atoms with E-state index in [0.29, 0.717) is 35.9 Å². The third-order valence-corrected chi connectivity index (χ3v) is 6.67. The molecule has 3 aromatic heterocycles. The number of ether oxygens (including phenoxy) is 1. The van der Waals surface area contributed by atoms with Crippen LogP contribution in [0.4, 0.5) is 20.4 Å². The Bertz CT molecular complexity index is 1630. The van der Waals surface area contributed by atoms with Crippen LogP contribution >= 0.6 is 0 Å². The molecule has 1 aliphatic heterocycles. The summed E-state index contributed by atoms with van der Waals surface area (Å²) in [6.07, 6.45) is 6.67. The Kier molecular flexibility index (Phi) is 7.09. The molecule has 39 heavy (non-hydrogen) atoms. The van der Waals surface area contributed by atoms with Gasteiger partial charge in [-0.25, -0.2) is 13.8 Å². The molecule has 4 aromatic rings. The first kappa shape index (κ1) is 26.0. The van der Waals surface area contributed by atoms with E-state index in [1.54, 1.807) is 0 Å². The Morgan fingerprint density at radius 3 is 2.87 bits per heavy atom. The highest BCUT2D eigenvalue weighted by atomic mass is 19.1. The minimum Gasteiger partial charge on any atom is -0.448 e. The van der Waals surface area contributed by atoms with Crippen LogP contribution in [-0.4, -0.2) is 48.2 Å². The zero-order valence-corrected chi connectivity index (χ0v) is 21.5. The summed E-state index contributed by atoms with van der Waals surface area (Å²) < 4.78 is 35.8. The molecule has 1 N–H and O–H groups in total. The number of aryl methyl sites for hydroxylation is 2. The van der Waals surface area contributed by atoms with Crippen LogP contribution in [0.5, 0.6) is 11.5 Å². The third-order valence-electron chi connectivity index (χ3n) is 6.67. The van der Waals surface area contributed by atoms with Gasteiger partial charge in [-0.05, 0) is 50.0 Å². The van der Waals surface area contributed by atoms with Gasteiger partial charge in [0.25, 0.3) is 5.56 Å². The smallest absolute Gasteiger partial charge is 0.294 e. The van der Waals surface area contributed by atoms with Crippen molar-refractivity contribution in [1.29, 1.82) is 0 Å². The summed E-state index contributed by atoms with van der Waals surface area (Å²) in [4.78, 5) is 35.5. The van der Waals surface area contributed by atoms with E-state index in [0.717, 1.165) is 37.2 Å². The van der Waals surface area contributed by atoms with Gasteiger partial charge in [0.15, 0.2) is 17.3 Å². The minimum atomic E-state index is -0.921. The van der Waals surface area contributed by atoms with Crippen LogP contribution in [0.1, 0.15) is 18.5 Å². The Hall–Kier alpha value is -4.61. The number of piperidine rings is 1. The monoisotopic (exact) mass is 535 g/mol. The lowest BCUT2D eigenvalue weighted by atomic mass is 9.98. The molecule has 1 aromatic carbocycles. The number of carbonyl (C=O) groups is 1. The molecular weight excluding hydrogens is 508 g/mol. The van der Waals surface area contributed by atoms with E-state index in [1.165, 1.54) is 30.0 Å². The summed E-state index contributed by atoms with van der Waals surface area (Å²) in [7, 11) is 1.52. The normalized spacial score (nSPS) is 15.4. The van der Waals surface area contributed by atoms with Crippen molar-refractivity contribution in [3.63, 3.8) is 0 Å². The molecule has 1 atom stereocenters. The number of carbonyl (C=O) groups excluding carboxylic acids is 1. The van der Waals surface area contributed by atoms with E-state index < -0.39 is 17.2 Å². The predicted molar refractivity (Wildman–Crippen MR) is 141 cm³/mol. The number of anilines is 2. The van der Waals surface area contributed by atoms with Crippen molar-refractivity contribution in [3.8, 4) is 11.5 Å². The molecule has 5 rings (SSSR count). The second-order valence-corrected chi connectivity index (χ2v) is 9.49. The van der Waals surface area contributed by atoms with Crippen LogP contribution in [0.3, 0.4) is 0 Å². The van der Waals surface area contributed by atoms with Gasteiger partial charge in [-0.2, -0.15) is 10.1 Å². The van der Waals surface area contributed by atoms with E-state index >= 15 is 0 Å². The molecule has 0 saturated carbocycles. The lowest BCUT2D eigenvalue weighted by Crippen LogP contribution is -2.40. The van der Waals surface area contributed by atoms with E-state index in [9.17, 15) is 18.4 Å². The first-order chi connectivity index (χ1) is 18.7. The van der Waals surface area contributed by atoms with Crippen molar-refractivity contribution in [2.24, 2.45) is 13.0 Å². The second kappa shape index (κ2) is 10.6. The molecule has 1 unspecified atom stereocenters. The van der Waals surface area contributed by atoms with Gasteiger partial charge in [-0.1, -0.05) is 6.58 Å². The fraction of sp³-hybridized carbons (Fsp3) is 0.296. The van der Waals surface area contributed by atoms with E-state index in [4.69, 9.17) is 4.74 Å². The van der Waals surface area contributed by atoms with Crippen LogP contribution in [-0.2, 0) is 18.4 Å². The average Bonchev–Trinajstić information content (AvgIpc) is 3.26. The Morgan fingerprint density at radius 1 is 1.28 bits per heavy atom. The standard InChI is InChI=1S/C27H27F2N7O3/c1-4-24(37)35-9-5-6-17(13-35)14-36-15-21(16(2)33-36)31-27-30-12-18-10-23(26(38)34(3)25(18)32-27)39-22-8-7-19(28)11-20(22)29/h4,7-8,10-12,15,17H,1,5-6,9,13-14H2,2-3H3,(H,30,31,32). The fourth-order valence-electron chi connectivity index (χ4n) is 4.69. The number of halogens is 2. The highest BCUT2D eigenvalue weighted by Gasteiger charge is 2.23. The molecular formula is C27H27F2N7O3. The Balaban J connectivity index is 1.34. The van der Waals surface area contributed by atoms with Gasteiger partial charge >= 0.3 is 0 Å². The summed E-state index contributed by atoms with van der Waals surface area (Å²) in [5, 5.41) is 8.24.